The third-order valence-electron chi connectivity index (χ3n) is 2.91. The average molecular weight is 279 g/mol. The summed E-state index contributed by atoms with van der Waals surface area (Å²) in [6, 6.07) is 3.61. The molecule has 1 aromatic carbocycles. The van der Waals surface area contributed by atoms with Gasteiger partial charge in [0.2, 0.25) is 10.0 Å². The molecule has 100 valence electrons. The topological polar surface area (TPSA) is 37.4 Å². The van der Waals surface area contributed by atoms with Crippen LogP contribution in [0.25, 0.3) is 0 Å². The third kappa shape index (κ3) is 2.31. The molecule has 1 aromatic rings. The average Bonchev–Trinajstić information content (AvgIpc) is 2.57. The van der Waals surface area contributed by atoms with Gasteiger partial charge in [0, 0.05) is 6.54 Å². The summed E-state index contributed by atoms with van der Waals surface area (Å²) in [6.45, 7) is 1.59. The van der Waals surface area contributed by atoms with Gasteiger partial charge in [-0.1, -0.05) is 6.07 Å². The number of anilines is 1. The minimum Gasteiger partial charge on any atom is -0.270 e. The lowest BCUT2D eigenvalue weighted by Crippen LogP contribution is -2.25. The van der Waals surface area contributed by atoms with Gasteiger partial charge in [-0.2, -0.15) is 13.2 Å². The van der Waals surface area contributed by atoms with Crippen molar-refractivity contribution in [1.29, 1.82) is 0 Å². The van der Waals surface area contributed by atoms with Crippen LogP contribution in [-0.2, 0) is 16.2 Å². The van der Waals surface area contributed by atoms with Crippen LogP contribution in [0.15, 0.2) is 18.2 Å². The summed E-state index contributed by atoms with van der Waals surface area (Å²) in [6.07, 6.45) is -4.03. The van der Waals surface area contributed by atoms with Crippen molar-refractivity contribution in [3.63, 3.8) is 0 Å². The number of rotatable bonds is 1. The van der Waals surface area contributed by atoms with Crippen molar-refractivity contribution in [2.24, 2.45) is 0 Å². The van der Waals surface area contributed by atoms with Gasteiger partial charge in [-0.15, -0.1) is 0 Å². The number of benzene rings is 1. The van der Waals surface area contributed by atoms with Gasteiger partial charge >= 0.3 is 6.18 Å². The molecule has 1 fully saturated rings. The van der Waals surface area contributed by atoms with Crippen molar-refractivity contribution in [2.75, 3.05) is 16.6 Å². The molecular weight excluding hydrogens is 267 g/mol. The Morgan fingerprint density at radius 2 is 1.94 bits per heavy atom. The van der Waals surface area contributed by atoms with E-state index in [1.807, 2.05) is 0 Å². The maximum Gasteiger partial charge on any atom is 0.416 e. The molecule has 0 N–H and O–H groups in total. The van der Waals surface area contributed by atoms with Crippen molar-refractivity contribution in [3.8, 4) is 0 Å². The normalized spacial score (nSPS) is 19.2. The first-order chi connectivity index (χ1) is 8.22. The maximum atomic E-state index is 12.7. The molecule has 0 bridgehead atoms. The number of halogens is 3. The first-order valence-corrected chi connectivity index (χ1v) is 7.01. The molecule has 0 unspecified atom stereocenters. The molecule has 2 rings (SSSR count). The number of hydrogen-bond donors (Lipinski definition) is 0. The van der Waals surface area contributed by atoms with E-state index in [9.17, 15) is 21.6 Å². The highest BCUT2D eigenvalue weighted by Gasteiger charge is 2.35. The highest BCUT2D eigenvalue weighted by atomic mass is 32.2. The molecule has 7 heteroatoms. The first kappa shape index (κ1) is 13.2. The Morgan fingerprint density at radius 3 is 2.44 bits per heavy atom. The Balaban J connectivity index is 2.48. The number of alkyl halides is 3. The lowest BCUT2D eigenvalue weighted by atomic mass is 10.1. The van der Waals surface area contributed by atoms with Crippen molar-refractivity contribution < 1.29 is 21.6 Å². The summed E-state index contributed by atoms with van der Waals surface area (Å²) in [5.41, 5.74) is -0.615. The van der Waals surface area contributed by atoms with Crippen LogP contribution in [0.5, 0.6) is 0 Å². The van der Waals surface area contributed by atoms with Gasteiger partial charge in [0.1, 0.15) is 0 Å². The monoisotopic (exact) mass is 279 g/mol. The van der Waals surface area contributed by atoms with Crippen LogP contribution >= 0.6 is 0 Å². The summed E-state index contributed by atoms with van der Waals surface area (Å²) >= 11 is 0. The Kier molecular flexibility index (Phi) is 3.04. The zero-order chi connectivity index (χ0) is 13.6. The second-order valence-corrected chi connectivity index (χ2v) is 6.25. The van der Waals surface area contributed by atoms with E-state index in [4.69, 9.17) is 0 Å². The van der Waals surface area contributed by atoms with E-state index in [1.165, 1.54) is 19.1 Å². The fourth-order valence-electron chi connectivity index (χ4n) is 2.00. The van der Waals surface area contributed by atoms with Crippen LogP contribution < -0.4 is 4.31 Å². The van der Waals surface area contributed by atoms with Crippen molar-refractivity contribution in [2.45, 2.75) is 19.5 Å². The van der Waals surface area contributed by atoms with Crippen molar-refractivity contribution in [1.82, 2.24) is 0 Å². The number of sulfonamides is 1. The molecular formula is C11H12F3NO2S. The molecule has 0 amide bonds. The van der Waals surface area contributed by atoms with Crippen LogP contribution in [0, 0.1) is 6.92 Å². The third-order valence-corrected chi connectivity index (χ3v) is 4.78. The van der Waals surface area contributed by atoms with Gasteiger partial charge < -0.3 is 0 Å². The number of hydrogen-bond acceptors (Lipinski definition) is 2. The molecule has 0 aromatic heterocycles. The van der Waals surface area contributed by atoms with E-state index in [0.717, 1.165) is 10.4 Å². The fourth-order valence-corrected chi connectivity index (χ4v) is 3.56. The molecule has 0 radical (unpaired) electrons. The number of nitrogens with zero attached hydrogens (tertiary/aromatic N) is 1. The summed E-state index contributed by atoms with van der Waals surface area (Å²) in [5, 5.41) is 0. The number of aryl methyl sites for hydroxylation is 1. The van der Waals surface area contributed by atoms with Gasteiger partial charge in [-0.3, -0.25) is 4.31 Å². The Morgan fingerprint density at radius 1 is 1.28 bits per heavy atom. The highest BCUT2D eigenvalue weighted by Crippen LogP contribution is 2.35. The maximum absolute atomic E-state index is 12.7. The Labute approximate surface area is 103 Å². The second kappa shape index (κ2) is 4.15. The lowest BCUT2D eigenvalue weighted by molar-refractivity contribution is -0.138. The second-order valence-electron chi connectivity index (χ2n) is 4.24. The van der Waals surface area contributed by atoms with Gasteiger partial charge in [0.05, 0.1) is 17.0 Å². The fraction of sp³-hybridized carbons (Fsp3) is 0.455. The van der Waals surface area contributed by atoms with Crippen LogP contribution in [0.4, 0.5) is 18.9 Å². The molecule has 0 atom stereocenters. The molecule has 0 saturated carbocycles. The summed E-state index contributed by atoms with van der Waals surface area (Å²) in [7, 11) is -3.45. The standard InChI is InChI=1S/C11H12F3NO2S/c1-8-3-4-9(7-10(8)11(12,13)14)15-5-2-6-18(15,16)17/h3-4,7H,2,5-6H2,1H3. The van der Waals surface area contributed by atoms with E-state index in [2.05, 4.69) is 0 Å². The Hall–Kier alpha value is -1.24. The van der Waals surface area contributed by atoms with Gasteiger partial charge in [0.25, 0.3) is 0 Å². The quantitative estimate of drug-likeness (QED) is 0.792. The molecule has 1 aliphatic heterocycles. The van der Waals surface area contributed by atoms with E-state index in [0.29, 0.717) is 6.42 Å². The largest absolute Gasteiger partial charge is 0.416 e. The molecule has 1 saturated heterocycles. The molecule has 1 aliphatic rings. The summed E-state index contributed by atoms with van der Waals surface area (Å²) in [5.74, 6) is -0.0117. The first-order valence-electron chi connectivity index (χ1n) is 5.40. The van der Waals surface area contributed by atoms with Crippen LogP contribution in [0.3, 0.4) is 0 Å². The predicted octanol–water partition coefficient (Wildman–Crippen LogP) is 2.55. The minimum atomic E-state index is -4.47. The molecule has 3 nitrogen and oxygen atoms in total. The predicted molar refractivity (Wildman–Crippen MR) is 61.9 cm³/mol. The van der Waals surface area contributed by atoms with E-state index in [-0.39, 0.29) is 23.5 Å². The lowest BCUT2D eigenvalue weighted by Gasteiger charge is -2.19. The summed E-state index contributed by atoms with van der Waals surface area (Å²) < 4.78 is 62.6. The van der Waals surface area contributed by atoms with Gasteiger partial charge in [-0.05, 0) is 31.0 Å². The van der Waals surface area contributed by atoms with E-state index < -0.39 is 21.8 Å². The molecule has 0 aliphatic carbocycles. The Bertz CT molecular complexity index is 566. The summed E-state index contributed by atoms with van der Waals surface area (Å²) in [4.78, 5) is 0. The van der Waals surface area contributed by atoms with Crippen LogP contribution in [0.2, 0.25) is 0 Å². The zero-order valence-corrected chi connectivity index (χ0v) is 10.5. The van der Waals surface area contributed by atoms with Crippen molar-refractivity contribution >= 4 is 15.7 Å². The minimum absolute atomic E-state index is 0.0117. The van der Waals surface area contributed by atoms with Crippen LogP contribution in [0.1, 0.15) is 17.5 Å². The molecule has 0 spiro atoms. The molecule has 18 heavy (non-hydrogen) atoms. The zero-order valence-electron chi connectivity index (χ0n) is 9.66. The van der Waals surface area contributed by atoms with E-state index >= 15 is 0 Å². The highest BCUT2D eigenvalue weighted by molar-refractivity contribution is 7.93. The van der Waals surface area contributed by atoms with Crippen molar-refractivity contribution in [3.05, 3.63) is 29.3 Å². The van der Waals surface area contributed by atoms with E-state index in [1.54, 1.807) is 0 Å². The molecule has 1 heterocycles. The van der Waals surface area contributed by atoms with Gasteiger partial charge in [0.15, 0.2) is 0 Å². The smallest absolute Gasteiger partial charge is 0.270 e. The SMILES string of the molecule is Cc1ccc(N2CCCS2(=O)=O)cc1C(F)(F)F. The van der Waals surface area contributed by atoms with Gasteiger partial charge in [-0.25, -0.2) is 8.42 Å². The van der Waals surface area contributed by atoms with Crippen LogP contribution in [-0.4, -0.2) is 20.7 Å².